The molecule has 5 unspecified atom stereocenters. The van der Waals surface area contributed by atoms with Crippen LogP contribution in [0.15, 0.2) is 36.4 Å². The molecule has 0 fully saturated rings. The maximum atomic E-state index is 12.7. The first-order valence-electron chi connectivity index (χ1n) is 11.4. The normalized spacial score (nSPS) is 22.8. The predicted octanol–water partition coefficient (Wildman–Crippen LogP) is -0.249. The number of thioether (sulfide) groups is 1. The first-order valence-corrected chi connectivity index (χ1v) is 13.3. The molecule has 12 nitrogen and oxygen atoms in total. The Kier molecular flexibility index (Phi) is 9.62. The lowest BCUT2D eigenvalue weighted by molar-refractivity contribution is -0.139. The number of hydrogen-bond acceptors (Lipinski definition) is 10. The summed E-state index contributed by atoms with van der Waals surface area (Å²) in [5.74, 6) is -3.87. The number of para-hydroxylation sites is 1. The highest BCUT2D eigenvalue weighted by molar-refractivity contribution is 8.00. The number of hydrogen-bond donors (Lipinski definition) is 7. The van der Waals surface area contributed by atoms with Crippen LogP contribution < -0.4 is 22.1 Å². The standard InChI is InChI=1S/C23H29N5O7S2/c24-12-7-8-23(35,22-28-14-3-1-2-4-16(14)37-22)17(9-12)36-11-15(20(32)26-10-19(30)31)27-18(29)6-5-13(25)21(33)34/h1-4,7-8,12-13,15,17,35H,5-6,9-11,24-25H2,(H,26,32)(H,27,29)(H,30,31)(H,33,34). The second kappa shape index (κ2) is 12.5. The number of carbonyl (C=O) groups excluding carboxylic acids is 2. The zero-order chi connectivity index (χ0) is 27.2. The van der Waals surface area contributed by atoms with Gasteiger partial charge >= 0.3 is 11.9 Å². The lowest BCUT2D eigenvalue weighted by Gasteiger charge is -2.37. The highest BCUT2D eigenvalue weighted by Crippen LogP contribution is 2.42. The first-order chi connectivity index (χ1) is 17.5. The van der Waals surface area contributed by atoms with Crippen LogP contribution >= 0.6 is 23.1 Å². The largest absolute Gasteiger partial charge is 0.480 e. The molecule has 2 amide bonds. The molecule has 1 aromatic heterocycles. The fourth-order valence-electron chi connectivity index (χ4n) is 3.69. The number of nitrogens with one attached hydrogen (secondary N) is 2. The number of nitrogens with two attached hydrogens (primary N) is 2. The van der Waals surface area contributed by atoms with E-state index >= 15 is 0 Å². The molecule has 5 atom stereocenters. The van der Waals surface area contributed by atoms with E-state index in [1.165, 1.54) is 23.1 Å². The summed E-state index contributed by atoms with van der Waals surface area (Å²) in [6.07, 6.45) is 3.28. The second-order valence-corrected chi connectivity index (χ2v) is 10.9. The summed E-state index contributed by atoms with van der Waals surface area (Å²) in [5, 5.41) is 34.2. The van der Waals surface area contributed by atoms with Gasteiger partial charge in [-0.3, -0.25) is 19.2 Å². The molecule has 3 rings (SSSR count). The molecule has 1 heterocycles. The van der Waals surface area contributed by atoms with Crippen LogP contribution in [-0.4, -0.2) is 79.7 Å². The summed E-state index contributed by atoms with van der Waals surface area (Å²) in [4.78, 5) is 51.5. The van der Waals surface area contributed by atoms with Crippen molar-refractivity contribution in [2.45, 2.75) is 48.2 Å². The maximum absolute atomic E-state index is 12.7. The fourth-order valence-corrected chi connectivity index (χ4v) is 6.32. The highest BCUT2D eigenvalue weighted by Gasteiger charge is 2.43. The van der Waals surface area contributed by atoms with Crippen molar-refractivity contribution in [1.29, 1.82) is 0 Å². The van der Waals surface area contributed by atoms with Crippen molar-refractivity contribution in [2.75, 3.05) is 12.3 Å². The number of fused-ring (bicyclic) bond motifs is 1. The molecule has 37 heavy (non-hydrogen) atoms. The molecule has 9 N–H and O–H groups in total. The van der Waals surface area contributed by atoms with Gasteiger partial charge in [-0.25, -0.2) is 4.98 Å². The summed E-state index contributed by atoms with van der Waals surface area (Å²) >= 11 is 2.54. The van der Waals surface area contributed by atoms with E-state index in [1.54, 1.807) is 12.2 Å². The summed E-state index contributed by atoms with van der Waals surface area (Å²) in [7, 11) is 0. The highest BCUT2D eigenvalue weighted by atomic mass is 32.2. The van der Waals surface area contributed by atoms with Crippen molar-refractivity contribution in [3.63, 3.8) is 0 Å². The Morgan fingerprint density at radius 3 is 2.65 bits per heavy atom. The van der Waals surface area contributed by atoms with Gasteiger partial charge < -0.3 is 37.4 Å². The zero-order valence-electron chi connectivity index (χ0n) is 19.7. The Bertz CT molecular complexity index is 1160. The number of aliphatic hydroxyl groups is 1. The van der Waals surface area contributed by atoms with Crippen LogP contribution in [-0.2, 0) is 24.8 Å². The molecule has 1 aliphatic rings. The lowest BCUT2D eigenvalue weighted by atomic mass is 9.89. The topological polar surface area (TPSA) is 218 Å². The van der Waals surface area contributed by atoms with Gasteiger partial charge in [0.15, 0.2) is 0 Å². The van der Waals surface area contributed by atoms with Gasteiger partial charge in [0.1, 0.15) is 29.2 Å². The van der Waals surface area contributed by atoms with Crippen LogP contribution in [0.3, 0.4) is 0 Å². The van der Waals surface area contributed by atoms with Crippen LogP contribution in [0.2, 0.25) is 0 Å². The summed E-state index contributed by atoms with van der Waals surface area (Å²) in [6, 6.07) is 4.72. The van der Waals surface area contributed by atoms with Gasteiger partial charge in [-0.15, -0.1) is 11.3 Å². The van der Waals surface area contributed by atoms with Gasteiger partial charge in [0.2, 0.25) is 11.8 Å². The van der Waals surface area contributed by atoms with Crippen LogP contribution in [0.4, 0.5) is 0 Å². The van der Waals surface area contributed by atoms with Crippen molar-refractivity contribution in [1.82, 2.24) is 15.6 Å². The van der Waals surface area contributed by atoms with Crippen molar-refractivity contribution >= 4 is 57.1 Å². The Morgan fingerprint density at radius 1 is 1.24 bits per heavy atom. The molecule has 200 valence electrons. The molecule has 0 saturated heterocycles. The number of carboxylic acid groups (broad SMARTS) is 2. The Morgan fingerprint density at radius 2 is 1.97 bits per heavy atom. The van der Waals surface area contributed by atoms with E-state index < -0.39 is 53.2 Å². The number of benzene rings is 1. The van der Waals surface area contributed by atoms with E-state index in [2.05, 4.69) is 15.6 Å². The van der Waals surface area contributed by atoms with E-state index in [0.717, 1.165) is 10.2 Å². The molecule has 1 aromatic carbocycles. The third-order valence-electron chi connectivity index (χ3n) is 5.74. The maximum Gasteiger partial charge on any atom is 0.322 e. The number of aromatic nitrogens is 1. The SMILES string of the molecule is NC1C=CC(O)(c2nc3ccccc3s2)C(SCC(NC(=O)CCC(N)C(=O)O)C(=O)NCC(=O)O)C1. The minimum atomic E-state index is -1.48. The van der Waals surface area contributed by atoms with Crippen molar-refractivity contribution in [3.8, 4) is 0 Å². The third kappa shape index (κ3) is 7.49. The quantitative estimate of drug-likeness (QED) is 0.171. The van der Waals surface area contributed by atoms with E-state index in [0.29, 0.717) is 11.4 Å². The molecule has 14 heteroatoms. The fraction of sp³-hybridized carbons (Fsp3) is 0.435. The molecule has 0 bridgehead atoms. The number of thiazole rings is 1. The molecule has 1 aliphatic carbocycles. The van der Waals surface area contributed by atoms with Gasteiger partial charge in [0.05, 0.1) is 10.2 Å². The van der Waals surface area contributed by atoms with Crippen molar-refractivity contribution in [3.05, 3.63) is 41.4 Å². The molecular formula is C23H29N5O7S2. The number of carboxylic acids is 2. The lowest BCUT2D eigenvalue weighted by Crippen LogP contribution is -2.50. The van der Waals surface area contributed by atoms with E-state index in [1.807, 2.05) is 24.3 Å². The van der Waals surface area contributed by atoms with Gasteiger partial charge in [-0.1, -0.05) is 18.2 Å². The van der Waals surface area contributed by atoms with Crippen LogP contribution in [0, 0.1) is 0 Å². The van der Waals surface area contributed by atoms with Crippen LogP contribution in [0.25, 0.3) is 10.2 Å². The summed E-state index contributed by atoms with van der Waals surface area (Å²) in [6.45, 7) is -0.646. The van der Waals surface area contributed by atoms with E-state index in [9.17, 15) is 24.3 Å². The number of amides is 2. The minimum Gasteiger partial charge on any atom is -0.480 e. The van der Waals surface area contributed by atoms with Crippen molar-refractivity contribution in [2.24, 2.45) is 11.5 Å². The monoisotopic (exact) mass is 551 g/mol. The molecular weight excluding hydrogens is 522 g/mol. The minimum absolute atomic E-state index is 0.0133. The summed E-state index contributed by atoms with van der Waals surface area (Å²) in [5.41, 5.74) is 10.8. The van der Waals surface area contributed by atoms with Gasteiger partial charge in [-0.05, 0) is 31.1 Å². The zero-order valence-corrected chi connectivity index (χ0v) is 21.3. The number of aliphatic carboxylic acids is 2. The third-order valence-corrected chi connectivity index (χ3v) is 8.40. The average molecular weight is 552 g/mol. The predicted molar refractivity (Wildman–Crippen MR) is 139 cm³/mol. The van der Waals surface area contributed by atoms with Gasteiger partial charge in [0, 0.05) is 23.5 Å². The van der Waals surface area contributed by atoms with Gasteiger partial charge in [-0.2, -0.15) is 11.8 Å². The molecule has 0 aliphatic heterocycles. The Labute approximate surface area is 220 Å². The Balaban J connectivity index is 1.76. The second-order valence-electron chi connectivity index (χ2n) is 8.61. The molecule has 0 radical (unpaired) electrons. The summed E-state index contributed by atoms with van der Waals surface area (Å²) < 4.78 is 0.899. The van der Waals surface area contributed by atoms with E-state index in [4.69, 9.17) is 21.7 Å². The van der Waals surface area contributed by atoms with Crippen LogP contribution in [0.1, 0.15) is 24.3 Å². The van der Waals surface area contributed by atoms with Crippen LogP contribution in [0.5, 0.6) is 0 Å². The first kappa shape index (κ1) is 28.5. The average Bonchev–Trinajstić information content (AvgIpc) is 3.30. The smallest absolute Gasteiger partial charge is 0.322 e. The van der Waals surface area contributed by atoms with Gasteiger partial charge in [0.25, 0.3) is 0 Å². The number of rotatable bonds is 12. The molecule has 2 aromatic rings. The van der Waals surface area contributed by atoms with Crippen molar-refractivity contribution < 1.29 is 34.5 Å². The molecule has 0 spiro atoms. The van der Waals surface area contributed by atoms with E-state index in [-0.39, 0.29) is 24.6 Å². The molecule has 0 saturated carbocycles. The number of carbonyl (C=O) groups is 4. The number of nitrogens with zero attached hydrogens (tertiary/aromatic N) is 1. The Hall–Kier alpha value is -3.04.